The van der Waals surface area contributed by atoms with E-state index >= 15 is 0 Å². The number of pyridine rings is 3. The van der Waals surface area contributed by atoms with Crippen LogP contribution >= 0.6 is 0 Å². The molecule has 2 aliphatic heterocycles. The maximum atomic E-state index is 4.86. The highest BCUT2D eigenvalue weighted by Crippen LogP contribution is 2.24. The smallest absolute Gasteiger partial charge is 0.163 e. The highest BCUT2D eigenvalue weighted by atomic mass is 15.5. The fraction of sp³-hybridized carbons (Fsp3) is 0.0645. The molecule has 2 aliphatic rings. The Morgan fingerprint density at radius 2 is 0.950 bits per heavy atom. The van der Waals surface area contributed by atoms with Crippen molar-refractivity contribution in [3.05, 3.63) is 138 Å². The highest BCUT2D eigenvalue weighted by Gasteiger charge is 2.25. The number of hydrazine groups is 2. The fourth-order valence-electron chi connectivity index (χ4n) is 4.72. The zero-order chi connectivity index (χ0) is 26.7. The third-order valence-electron chi connectivity index (χ3n) is 6.74. The fourth-order valence-corrected chi connectivity index (χ4v) is 4.72. The predicted molar refractivity (Wildman–Crippen MR) is 155 cm³/mol. The second kappa shape index (κ2) is 10.5. The van der Waals surface area contributed by atoms with Gasteiger partial charge in [0.05, 0.1) is 11.4 Å². The van der Waals surface area contributed by atoms with Crippen LogP contribution in [0.5, 0.6) is 0 Å². The first-order valence-electron chi connectivity index (χ1n) is 13.0. The highest BCUT2D eigenvalue weighted by molar-refractivity contribution is 5.99. The summed E-state index contributed by atoms with van der Waals surface area (Å²) in [6.07, 6.45) is 2.87. The lowest BCUT2D eigenvalue weighted by Gasteiger charge is -2.11. The molecule has 0 saturated carbocycles. The van der Waals surface area contributed by atoms with Crippen molar-refractivity contribution in [2.75, 3.05) is 0 Å². The number of amidine groups is 2. The molecule has 0 aliphatic carbocycles. The van der Waals surface area contributed by atoms with E-state index in [-0.39, 0.29) is 12.3 Å². The van der Waals surface area contributed by atoms with Gasteiger partial charge in [0.25, 0.3) is 0 Å². The molecule has 5 heterocycles. The molecule has 0 saturated heterocycles. The number of aromatic nitrogens is 3. The number of benzene rings is 2. The van der Waals surface area contributed by atoms with Crippen LogP contribution in [0, 0.1) is 0 Å². The Bertz CT molecular complexity index is 1590. The summed E-state index contributed by atoms with van der Waals surface area (Å²) in [5.41, 5.74) is 20.2. The van der Waals surface area contributed by atoms with Gasteiger partial charge in [-0.3, -0.25) is 15.0 Å². The molecule has 2 aromatic carbocycles. The van der Waals surface area contributed by atoms with E-state index in [4.69, 9.17) is 15.0 Å². The van der Waals surface area contributed by atoms with Crippen molar-refractivity contribution in [2.45, 2.75) is 12.3 Å². The molecule has 2 atom stereocenters. The second-order valence-corrected chi connectivity index (χ2v) is 9.38. The Morgan fingerprint density at radius 1 is 0.475 bits per heavy atom. The van der Waals surface area contributed by atoms with Crippen molar-refractivity contribution < 1.29 is 0 Å². The summed E-state index contributed by atoms with van der Waals surface area (Å²) in [6, 6.07) is 34.3. The molecule has 5 aromatic rings. The zero-order valence-electron chi connectivity index (χ0n) is 21.4. The van der Waals surface area contributed by atoms with E-state index < -0.39 is 0 Å². The number of rotatable bonds is 6. The van der Waals surface area contributed by atoms with Crippen LogP contribution in [0.15, 0.2) is 126 Å². The summed E-state index contributed by atoms with van der Waals surface area (Å²) in [6.45, 7) is 0. The van der Waals surface area contributed by atoms with Gasteiger partial charge >= 0.3 is 0 Å². The van der Waals surface area contributed by atoms with Gasteiger partial charge in [-0.25, -0.2) is 20.8 Å². The van der Waals surface area contributed by atoms with Crippen LogP contribution in [0.3, 0.4) is 0 Å². The number of nitrogens with one attached hydrogen (secondary N) is 4. The van der Waals surface area contributed by atoms with E-state index in [0.717, 1.165) is 45.0 Å². The normalized spacial score (nSPS) is 18.0. The van der Waals surface area contributed by atoms with Gasteiger partial charge in [0, 0.05) is 12.4 Å². The monoisotopic (exact) mass is 523 g/mol. The number of hydrogen-bond acceptors (Lipinski definition) is 9. The third-order valence-corrected chi connectivity index (χ3v) is 6.74. The molecule has 9 nitrogen and oxygen atoms in total. The van der Waals surface area contributed by atoms with Gasteiger partial charge in [-0.1, -0.05) is 66.7 Å². The van der Waals surface area contributed by atoms with E-state index in [1.165, 1.54) is 0 Å². The maximum Gasteiger partial charge on any atom is 0.163 e. The van der Waals surface area contributed by atoms with Crippen LogP contribution in [0.4, 0.5) is 0 Å². The first-order chi connectivity index (χ1) is 19.8. The van der Waals surface area contributed by atoms with E-state index in [2.05, 4.69) is 55.9 Å². The number of aliphatic imine (C=N–C) groups is 2. The average Bonchev–Trinajstić information content (AvgIpc) is 3.74. The van der Waals surface area contributed by atoms with Gasteiger partial charge in [-0.05, 0) is 58.7 Å². The lowest BCUT2D eigenvalue weighted by atomic mass is 10.1. The Hall–Kier alpha value is -5.25. The Morgan fingerprint density at radius 3 is 1.43 bits per heavy atom. The lowest BCUT2D eigenvalue weighted by molar-refractivity contribution is 0.536. The van der Waals surface area contributed by atoms with Crippen LogP contribution < -0.4 is 21.7 Å². The quantitative estimate of drug-likeness (QED) is 0.262. The summed E-state index contributed by atoms with van der Waals surface area (Å²) < 4.78 is 0. The molecule has 7 rings (SSSR count). The third kappa shape index (κ3) is 4.82. The van der Waals surface area contributed by atoms with Crippen molar-refractivity contribution in [2.24, 2.45) is 9.98 Å². The minimum Gasteiger partial charge on any atom is -0.302 e. The second-order valence-electron chi connectivity index (χ2n) is 9.38. The molecule has 0 radical (unpaired) electrons. The summed E-state index contributed by atoms with van der Waals surface area (Å²) in [5, 5.41) is 0. The molecule has 194 valence electrons. The topological polar surface area (TPSA) is 112 Å². The minimum atomic E-state index is -0.362. The standard InChI is InChI=1S/C31H25N9/c1-3-8-20(9-4-1)22-14-16-32-26(18-22)30-35-28(37-39-30)24-12-7-13-25(34-24)29-36-31(40-38-29)27-19-23(15-17-33-27)21-10-5-2-6-11-21/h1-19,28-29,37-38H,(H,35,39)(H,36,40). The van der Waals surface area contributed by atoms with Gasteiger partial charge in [0.15, 0.2) is 24.0 Å². The molecular formula is C31H25N9. The molecule has 2 unspecified atom stereocenters. The van der Waals surface area contributed by atoms with Crippen LogP contribution in [-0.4, -0.2) is 26.6 Å². The first kappa shape index (κ1) is 23.8. The Kier molecular flexibility index (Phi) is 6.25. The molecule has 4 N–H and O–H groups in total. The molecule has 40 heavy (non-hydrogen) atoms. The summed E-state index contributed by atoms with van der Waals surface area (Å²) >= 11 is 0. The van der Waals surface area contributed by atoms with Gasteiger partial charge in [0.1, 0.15) is 11.4 Å². The van der Waals surface area contributed by atoms with Gasteiger partial charge in [-0.15, -0.1) is 0 Å². The molecule has 3 aromatic heterocycles. The van der Waals surface area contributed by atoms with Crippen molar-refractivity contribution >= 4 is 11.7 Å². The minimum absolute atomic E-state index is 0.362. The maximum absolute atomic E-state index is 4.86. The molecule has 0 spiro atoms. The molecule has 0 bridgehead atoms. The van der Waals surface area contributed by atoms with Crippen LogP contribution in [0.1, 0.15) is 35.1 Å². The van der Waals surface area contributed by atoms with Crippen molar-refractivity contribution in [3.8, 4) is 22.3 Å². The van der Waals surface area contributed by atoms with Gasteiger partial charge in [-0.2, -0.15) is 0 Å². The van der Waals surface area contributed by atoms with E-state index in [9.17, 15) is 0 Å². The summed E-state index contributed by atoms with van der Waals surface area (Å²) in [4.78, 5) is 23.5. The Balaban J connectivity index is 1.10. The zero-order valence-corrected chi connectivity index (χ0v) is 21.4. The van der Waals surface area contributed by atoms with Gasteiger partial charge in [0.2, 0.25) is 0 Å². The predicted octanol–water partition coefficient (Wildman–Crippen LogP) is 4.31. The lowest BCUT2D eigenvalue weighted by Crippen LogP contribution is -2.33. The summed E-state index contributed by atoms with van der Waals surface area (Å²) in [7, 11) is 0. The molecular weight excluding hydrogens is 498 g/mol. The van der Waals surface area contributed by atoms with E-state index in [1.807, 2.05) is 78.9 Å². The molecule has 0 fully saturated rings. The van der Waals surface area contributed by atoms with Crippen LogP contribution in [0.25, 0.3) is 22.3 Å². The van der Waals surface area contributed by atoms with E-state index in [1.54, 1.807) is 12.4 Å². The molecule has 9 heteroatoms. The first-order valence-corrected chi connectivity index (χ1v) is 13.0. The van der Waals surface area contributed by atoms with Crippen molar-refractivity contribution in [1.29, 1.82) is 0 Å². The van der Waals surface area contributed by atoms with Crippen LogP contribution in [-0.2, 0) is 0 Å². The van der Waals surface area contributed by atoms with Crippen molar-refractivity contribution in [3.63, 3.8) is 0 Å². The van der Waals surface area contributed by atoms with E-state index in [0.29, 0.717) is 11.7 Å². The van der Waals surface area contributed by atoms with Crippen molar-refractivity contribution in [1.82, 2.24) is 36.7 Å². The SMILES string of the molecule is c1ccc(-c2ccnc(C3=NC(c4cccc(C5N=C(c6cc(-c7ccccc7)ccn6)NN5)n4)NN3)c2)cc1. The van der Waals surface area contributed by atoms with Crippen LogP contribution in [0.2, 0.25) is 0 Å². The largest absolute Gasteiger partial charge is 0.302 e. The summed E-state index contributed by atoms with van der Waals surface area (Å²) in [5.74, 6) is 1.33. The Labute approximate surface area is 231 Å². The number of hydrogen-bond donors (Lipinski definition) is 4. The number of nitrogens with zero attached hydrogens (tertiary/aromatic N) is 5. The average molecular weight is 524 g/mol. The van der Waals surface area contributed by atoms with Gasteiger partial charge < -0.3 is 10.9 Å². The molecule has 0 amide bonds.